The Hall–Kier alpha value is -2.58. The third kappa shape index (κ3) is 5.24. The largest absolute Gasteiger partial charge is 0.454 e. The number of nitrogens with two attached hydrogens (primary N) is 1. The summed E-state index contributed by atoms with van der Waals surface area (Å²) in [7, 11) is 0. The second-order valence-corrected chi connectivity index (χ2v) is 7.73. The first-order valence-electron chi connectivity index (χ1n) is 8.83. The van der Waals surface area contributed by atoms with E-state index in [0.29, 0.717) is 25.9 Å². The Balaban J connectivity index is 2.08. The van der Waals surface area contributed by atoms with Crippen molar-refractivity contribution in [2.24, 2.45) is 5.92 Å². The fraction of sp³-hybridized carbons (Fsp3) is 0.526. The maximum absolute atomic E-state index is 12.7. The fourth-order valence-corrected chi connectivity index (χ4v) is 2.95. The normalized spacial score (nSPS) is 16.0. The first kappa shape index (κ1) is 21.7. The molecule has 2 N–H and O–H groups in total. The molecular weight excluding hydrogens is 377 g/mol. The highest BCUT2D eigenvalue weighted by molar-refractivity contribution is 6.07. The van der Waals surface area contributed by atoms with E-state index in [-0.39, 0.29) is 17.0 Å². The molecular formula is C19H23F3N2O4. The quantitative estimate of drug-likeness (QED) is 0.615. The number of hydrogen-bond acceptors (Lipinski definition) is 5. The molecule has 1 aliphatic heterocycles. The van der Waals surface area contributed by atoms with E-state index in [9.17, 15) is 27.6 Å². The number of carbonyl (C=O) groups excluding carboxylic acids is 3. The topological polar surface area (TPSA) is 89.7 Å². The zero-order valence-corrected chi connectivity index (χ0v) is 15.9. The lowest BCUT2D eigenvalue weighted by atomic mass is 9.88. The molecule has 0 radical (unpaired) electrons. The number of rotatable bonds is 3. The minimum Gasteiger partial charge on any atom is -0.444 e. The van der Waals surface area contributed by atoms with Crippen molar-refractivity contribution in [3.63, 3.8) is 0 Å². The number of piperidine rings is 1. The molecule has 6 nitrogen and oxygen atoms in total. The van der Waals surface area contributed by atoms with E-state index in [1.54, 1.807) is 20.8 Å². The average Bonchev–Trinajstić information content (AvgIpc) is 2.59. The lowest BCUT2D eigenvalue weighted by Crippen LogP contribution is -2.43. The lowest BCUT2D eigenvalue weighted by molar-refractivity contribution is -0.0884. The second-order valence-electron chi connectivity index (χ2n) is 7.73. The summed E-state index contributed by atoms with van der Waals surface area (Å²) in [6.07, 6.45) is -4.84. The van der Waals surface area contributed by atoms with Gasteiger partial charge in [0.05, 0.1) is 5.56 Å². The van der Waals surface area contributed by atoms with Crippen molar-refractivity contribution in [2.75, 3.05) is 18.8 Å². The first-order chi connectivity index (χ1) is 12.8. The van der Waals surface area contributed by atoms with Crippen molar-refractivity contribution in [2.45, 2.75) is 45.4 Å². The van der Waals surface area contributed by atoms with Crippen molar-refractivity contribution in [1.82, 2.24) is 4.90 Å². The van der Waals surface area contributed by atoms with Crippen molar-refractivity contribution < 1.29 is 32.3 Å². The molecule has 1 amide bonds. The van der Waals surface area contributed by atoms with Crippen molar-refractivity contribution in [3.05, 3.63) is 29.3 Å². The molecule has 0 aromatic heterocycles. The minimum absolute atomic E-state index is 0.00230. The molecule has 2 rings (SSSR count). The van der Waals surface area contributed by atoms with Crippen LogP contribution >= 0.6 is 0 Å². The number of anilines is 1. The van der Waals surface area contributed by atoms with Crippen molar-refractivity contribution in [3.8, 4) is 0 Å². The van der Waals surface area contributed by atoms with Gasteiger partial charge in [-0.3, -0.25) is 9.59 Å². The number of ketones is 2. The SMILES string of the molecule is CC(C)(C)OC(=O)N1CCC(C(=O)c2ccc(N)c(C(=O)C(F)(F)F)c2)CC1. The van der Waals surface area contributed by atoms with Gasteiger partial charge in [-0.25, -0.2) is 4.79 Å². The molecule has 1 fully saturated rings. The van der Waals surface area contributed by atoms with Gasteiger partial charge in [-0.15, -0.1) is 0 Å². The Morgan fingerprint density at radius 2 is 1.68 bits per heavy atom. The molecule has 0 atom stereocenters. The lowest BCUT2D eigenvalue weighted by Gasteiger charge is -2.33. The number of likely N-dealkylation sites (tertiary alicyclic amines) is 1. The van der Waals surface area contributed by atoms with Crippen LogP contribution < -0.4 is 5.73 Å². The Labute approximate surface area is 160 Å². The van der Waals surface area contributed by atoms with Crippen LogP contribution in [0.2, 0.25) is 0 Å². The summed E-state index contributed by atoms with van der Waals surface area (Å²) < 4.78 is 43.4. The van der Waals surface area contributed by atoms with Gasteiger partial charge in [-0.2, -0.15) is 13.2 Å². The van der Waals surface area contributed by atoms with Crippen molar-refractivity contribution in [1.29, 1.82) is 0 Å². The number of carbonyl (C=O) groups is 3. The molecule has 0 bridgehead atoms. The van der Waals surface area contributed by atoms with Crippen LogP contribution in [-0.4, -0.2) is 47.4 Å². The summed E-state index contributed by atoms with van der Waals surface area (Å²) in [5.74, 6) is -2.92. The summed E-state index contributed by atoms with van der Waals surface area (Å²) in [4.78, 5) is 37.7. The van der Waals surface area contributed by atoms with E-state index in [0.717, 1.165) is 12.1 Å². The first-order valence-corrected chi connectivity index (χ1v) is 8.83. The molecule has 1 aromatic rings. The number of hydrogen-bond donors (Lipinski definition) is 1. The highest BCUT2D eigenvalue weighted by Gasteiger charge is 2.40. The maximum Gasteiger partial charge on any atom is 0.454 e. The Morgan fingerprint density at radius 3 is 2.18 bits per heavy atom. The van der Waals surface area contributed by atoms with Gasteiger partial charge in [-0.05, 0) is 51.8 Å². The number of nitrogen functional groups attached to an aromatic ring is 1. The van der Waals surface area contributed by atoms with Crippen LogP contribution in [0.15, 0.2) is 18.2 Å². The van der Waals surface area contributed by atoms with Crippen molar-refractivity contribution >= 4 is 23.3 Å². The predicted molar refractivity (Wildman–Crippen MR) is 96.1 cm³/mol. The van der Waals surface area contributed by atoms with Gasteiger partial charge in [0.2, 0.25) is 0 Å². The van der Waals surface area contributed by atoms with E-state index < -0.39 is 35.1 Å². The van der Waals surface area contributed by atoms with E-state index in [2.05, 4.69) is 0 Å². The number of halogens is 3. The van der Waals surface area contributed by atoms with Gasteiger partial charge >= 0.3 is 12.3 Å². The smallest absolute Gasteiger partial charge is 0.444 e. The number of Topliss-reactive ketones (excluding diaryl/α,β-unsaturated/α-hetero) is 2. The number of amides is 1. The van der Waals surface area contributed by atoms with Crippen LogP contribution in [0.4, 0.5) is 23.7 Å². The second kappa shape index (κ2) is 7.81. The fourth-order valence-electron chi connectivity index (χ4n) is 2.95. The van der Waals surface area contributed by atoms with Crippen LogP contribution in [0.25, 0.3) is 0 Å². The van der Waals surface area contributed by atoms with Crippen LogP contribution in [0, 0.1) is 5.92 Å². The number of alkyl halides is 3. The maximum atomic E-state index is 12.7. The number of benzene rings is 1. The summed E-state index contributed by atoms with van der Waals surface area (Å²) >= 11 is 0. The number of nitrogens with zero attached hydrogens (tertiary/aromatic N) is 1. The van der Waals surface area contributed by atoms with Gasteiger partial charge in [-0.1, -0.05) is 0 Å². The summed E-state index contributed by atoms with van der Waals surface area (Å²) in [5, 5.41) is 0. The molecule has 1 saturated heterocycles. The number of ether oxygens (including phenoxy) is 1. The average molecular weight is 400 g/mol. The van der Waals surface area contributed by atoms with Gasteiger partial charge in [0.15, 0.2) is 5.78 Å². The monoisotopic (exact) mass is 400 g/mol. The zero-order valence-electron chi connectivity index (χ0n) is 15.9. The van der Waals surface area contributed by atoms with Crippen LogP contribution in [0.5, 0.6) is 0 Å². The minimum atomic E-state index is -5.07. The van der Waals surface area contributed by atoms with Gasteiger partial charge in [0, 0.05) is 30.3 Å². The molecule has 0 spiro atoms. The highest BCUT2D eigenvalue weighted by atomic mass is 19.4. The Bertz CT molecular complexity index is 776. The van der Waals surface area contributed by atoms with Gasteiger partial charge < -0.3 is 15.4 Å². The zero-order chi connectivity index (χ0) is 21.3. The van der Waals surface area contributed by atoms with E-state index in [1.165, 1.54) is 11.0 Å². The summed E-state index contributed by atoms with van der Waals surface area (Å²) in [5.41, 5.74) is 3.78. The molecule has 154 valence electrons. The predicted octanol–water partition coefficient (Wildman–Crippen LogP) is 3.84. The molecule has 1 aromatic carbocycles. The molecule has 0 unspecified atom stereocenters. The molecule has 0 aliphatic carbocycles. The standard InChI is InChI=1S/C19H23F3N2O4/c1-18(2,3)28-17(27)24-8-6-11(7-9-24)15(25)12-4-5-14(23)13(10-12)16(26)19(20,21)22/h4-5,10-11H,6-9,23H2,1-3H3. The summed E-state index contributed by atoms with van der Waals surface area (Å²) in [6.45, 7) is 5.86. The van der Waals surface area contributed by atoms with E-state index in [4.69, 9.17) is 10.5 Å². The Kier molecular flexibility index (Phi) is 6.06. The molecule has 9 heteroatoms. The highest BCUT2D eigenvalue weighted by Crippen LogP contribution is 2.28. The molecule has 28 heavy (non-hydrogen) atoms. The van der Waals surface area contributed by atoms with E-state index in [1.807, 2.05) is 0 Å². The van der Waals surface area contributed by atoms with Crippen LogP contribution in [0.3, 0.4) is 0 Å². The molecule has 1 heterocycles. The third-order valence-electron chi connectivity index (χ3n) is 4.36. The Morgan fingerprint density at radius 1 is 1.11 bits per heavy atom. The van der Waals surface area contributed by atoms with Gasteiger partial charge in [0.25, 0.3) is 5.78 Å². The van der Waals surface area contributed by atoms with Crippen LogP contribution in [0.1, 0.15) is 54.3 Å². The third-order valence-corrected chi connectivity index (χ3v) is 4.36. The van der Waals surface area contributed by atoms with E-state index >= 15 is 0 Å². The molecule has 1 aliphatic rings. The van der Waals surface area contributed by atoms with Crippen LogP contribution in [-0.2, 0) is 4.74 Å². The molecule has 0 saturated carbocycles. The van der Waals surface area contributed by atoms with Gasteiger partial charge in [0.1, 0.15) is 5.60 Å². The summed E-state index contributed by atoms with van der Waals surface area (Å²) in [6, 6.07) is 3.33.